The Balaban J connectivity index is 0.842. The van der Waals surface area contributed by atoms with Crippen LogP contribution < -0.4 is 20.3 Å². The minimum atomic E-state index is -2.83. The van der Waals surface area contributed by atoms with Gasteiger partial charge in [-0.05, 0) is 80.8 Å². The van der Waals surface area contributed by atoms with Crippen molar-refractivity contribution in [2.24, 2.45) is 11.3 Å². The molecule has 12 nitrogen and oxygen atoms in total. The molecular formula is C40H41ClF2N8O4. The average Bonchev–Trinajstić information content (AvgIpc) is 3.57. The summed E-state index contributed by atoms with van der Waals surface area (Å²) >= 11 is 6.58. The first-order valence-electron chi connectivity index (χ1n) is 18.7. The van der Waals surface area contributed by atoms with Gasteiger partial charge in [-0.2, -0.15) is 10.4 Å². The van der Waals surface area contributed by atoms with Crippen LogP contribution >= 0.6 is 11.6 Å². The molecule has 55 heavy (non-hydrogen) atoms. The van der Waals surface area contributed by atoms with Gasteiger partial charge in [0.05, 0.1) is 53.4 Å². The van der Waals surface area contributed by atoms with Crippen molar-refractivity contribution in [2.45, 2.75) is 62.8 Å². The van der Waals surface area contributed by atoms with Crippen LogP contribution in [-0.4, -0.2) is 83.1 Å². The lowest BCUT2D eigenvalue weighted by atomic mass is 9.68. The first-order chi connectivity index (χ1) is 26.4. The lowest BCUT2D eigenvalue weighted by molar-refractivity contribution is -0.181. The van der Waals surface area contributed by atoms with E-state index >= 15 is 8.78 Å². The number of ether oxygens (including phenoxy) is 1. The van der Waals surface area contributed by atoms with E-state index in [0.717, 1.165) is 42.3 Å². The van der Waals surface area contributed by atoms with E-state index in [0.29, 0.717) is 53.9 Å². The maximum Gasteiger partial charge on any atom is 0.269 e. The van der Waals surface area contributed by atoms with Crippen LogP contribution in [0.2, 0.25) is 5.02 Å². The Bertz CT molecular complexity index is 2210. The Morgan fingerprint density at radius 3 is 2.60 bits per heavy atom. The van der Waals surface area contributed by atoms with Gasteiger partial charge in [0.25, 0.3) is 11.8 Å². The number of pyridine rings is 1. The van der Waals surface area contributed by atoms with E-state index in [1.54, 1.807) is 18.2 Å². The number of nitrogens with zero attached hydrogens (tertiary/aromatic N) is 6. The summed E-state index contributed by atoms with van der Waals surface area (Å²) in [5.74, 6) is -3.61. The molecule has 3 aliphatic heterocycles. The van der Waals surface area contributed by atoms with E-state index < -0.39 is 23.2 Å². The number of piperidine rings is 2. The third-order valence-corrected chi connectivity index (χ3v) is 12.3. The number of amides is 3. The van der Waals surface area contributed by atoms with Crippen molar-refractivity contribution >= 4 is 51.6 Å². The average molecular weight is 771 g/mol. The van der Waals surface area contributed by atoms with Gasteiger partial charge in [0, 0.05) is 66.8 Å². The zero-order valence-corrected chi connectivity index (χ0v) is 31.1. The number of halogens is 3. The smallest absolute Gasteiger partial charge is 0.269 e. The normalized spacial score (nSPS) is 23.5. The maximum absolute atomic E-state index is 15.9. The zero-order valence-electron chi connectivity index (χ0n) is 30.4. The third-order valence-electron chi connectivity index (χ3n) is 12.0. The molecule has 1 aliphatic carbocycles. The second kappa shape index (κ2) is 14.5. The van der Waals surface area contributed by atoms with Crippen LogP contribution in [-0.2, 0) is 9.59 Å². The van der Waals surface area contributed by atoms with E-state index in [2.05, 4.69) is 15.6 Å². The maximum atomic E-state index is 15.9. The van der Waals surface area contributed by atoms with Gasteiger partial charge in [0.1, 0.15) is 11.8 Å². The summed E-state index contributed by atoms with van der Waals surface area (Å²) in [4.78, 5) is 44.7. The molecule has 1 spiro atoms. The van der Waals surface area contributed by atoms with Crippen LogP contribution in [0.5, 0.6) is 5.75 Å². The van der Waals surface area contributed by atoms with Gasteiger partial charge < -0.3 is 15.0 Å². The van der Waals surface area contributed by atoms with Gasteiger partial charge in [-0.15, -0.1) is 0 Å². The molecule has 15 heteroatoms. The van der Waals surface area contributed by atoms with Crippen LogP contribution in [0.3, 0.4) is 0 Å². The molecule has 0 bridgehead atoms. The van der Waals surface area contributed by atoms with E-state index in [9.17, 15) is 14.4 Å². The highest BCUT2D eigenvalue weighted by atomic mass is 35.5. The number of hydrogen-bond donors (Lipinski definition) is 2. The van der Waals surface area contributed by atoms with E-state index in [1.165, 1.54) is 25.6 Å². The largest absolute Gasteiger partial charge is 0.494 e. The van der Waals surface area contributed by atoms with Gasteiger partial charge in [0.2, 0.25) is 11.8 Å². The van der Waals surface area contributed by atoms with Crippen molar-refractivity contribution < 1.29 is 27.9 Å². The Morgan fingerprint density at radius 1 is 1.09 bits per heavy atom. The number of alkyl halides is 2. The molecule has 1 unspecified atom stereocenters. The fourth-order valence-electron chi connectivity index (χ4n) is 8.78. The Labute approximate surface area is 321 Å². The number of nitrogens with one attached hydrogen (secondary N) is 2. The van der Waals surface area contributed by atoms with Crippen LogP contribution in [0.25, 0.3) is 10.9 Å². The number of aromatic nitrogens is 3. The Morgan fingerprint density at radius 2 is 1.89 bits per heavy atom. The van der Waals surface area contributed by atoms with Crippen molar-refractivity contribution in [1.29, 1.82) is 5.26 Å². The summed E-state index contributed by atoms with van der Waals surface area (Å²) in [5.41, 5.74) is 2.08. The molecular weight excluding hydrogens is 730 g/mol. The molecule has 1 saturated carbocycles. The molecule has 2 N–H and O–H groups in total. The Kier molecular flexibility index (Phi) is 9.71. The monoisotopic (exact) mass is 770 g/mol. The molecule has 286 valence electrons. The molecule has 4 aliphatic rings. The topological polar surface area (TPSA) is 145 Å². The van der Waals surface area contributed by atoms with Crippen molar-refractivity contribution in [3.63, 3.8) is 0 Å². The number of carbonyl (C=O) groups is 3. The highest BCUT2D eigenvalue weighted by Gasteiger charge is 2.62. The van der Waals surface area contributed by atoms with Crippen molar-refractivity contribution in [3.05, 3.63) is 76.7 Å². The van der Waals surface area contributed by atoms with Gasteiger partial charge in [-0.25, -0.2) is 8.78 Å². The number of anilines is 2. The molecule has 2 aromatic heterocycles. The summed E-state index contributed by atoms with van der Waals surface area (Å²) in [5, 5.41) is 20.5. The summed E-state index contributed by atoms with van der Waals surface area (Å²) in [6, 6.07) is 12.6. The number of nitriles is 1. The number of imide groups is 1. The molecule has 0 radical (unpaired) electrons. The highest BCUT2D eigenvalue weighted by molar-refractivity contribution is 6.32. The summed E-state index contributed by atoms with van der Waals surface area (Å²) in [6.07, 6.45) is 9.43. The fourth-order valence-corrected chi connectivity index (χ4v) is 9.09. The van der Waals surface area contributed by atoms with Crippen LogP contribution in [0.15, 0.2) is 55.0 Å². The predicted octanol–water partition coefficient (Wildman–Crippen LogP) is 6.32. The molecule has 3 saturated heterocycles. The van der Waals surface area contributed by atoms with E-state index in [1.807, 2.05) is 38.9 Å². The molecule has 5 heterocycles. The molecule has 4 aromatic rings. The molecule has 2 aromatic carbocycles. The number of methoxy groups -OCH3 is 1. The summed E-state index contributed by atoms with van der Waals surface area (Å²) < 4.78 is 39.3. The number of hydrogen-bond acceptors (Lipinski definition) is 9. The second-order valence-electron chi connectivity index (χ2n) is 15.5. The van der Waals surface area contributed by atoms with Gasteiger partial charge in [-0.3, -0.25) is 34.3 Å². The number of likely N-dealkylation sites (tertiary alicyclic amines) is 1. The standard InChI is InChI=1S/C40H41ClF2N8O4/c1-55-35-15-33-27(13-34(35)46-37(53)26-12-25(16-44)17-45-18-26)20-51(48-33)28-4-2-24(3-5-28)19-49-11-10-39(40(42,43)23-49)21-50(22-39)29-6-7-30(32(41)14-29)31-8-9-36(52)47-38(31)54/h6-7,12-15,17-18,20,24,28,31H,2-5,8-11,19,21-23H2,1H3,(H,46,53)(H,47,52,54). The Hall–Kier alpha value is -5.13. The minimum absolute atomic E-state index is 0.172. The molecule has 3 amide bonds. The van der Waals surface area contributed by atoms with Crippen molar-refractivity contribution in [1.82, 2.24) is 25.0 Å². The van der Waals surface area contributed by atoms with Gasteiger partial charge >= 0.3 is 0 Å². The zero-order chi connectivity index (χ0) is 38.5. The second-order valence-corrected chi connectivity index (χ2v) is 15.9. The van der Waals surface area contributed by atoms with Crippen LogP contribution in [0.1, 0.15) is 78.4 Å². The van der Waals surface area contributed by atoms with E-state index in [4.69, 9.17) is 26.7 Å². The highest BCUT2D eigenvalue weighted by Crippen LogP contribution is 2.52. The van der Waals surface area contributed by atoms with Crippen LogP contribution in [0, 0.1) is 22.7 Å². The lowest BCUT2D eigenvalue weighted by Gasteiger charge is -2.58. The minimum Gasteiger partial charge on any atom is -0.494 e. The first kappa shape index (κ1) is 36.8. The van der Waals surface area contributed by atoms with Crippen molar-refractivity contribution in [3.8, 4) is 11.8 Å². The van der Waals surface area contributed by atoms with Gasteiger partial charge in [-0.1, -0.05) is 17.7 Å². The quantitative estimate of drug-likeness (QED) is 0.197. The van der Waals surface area contributed by atoms with Crippen molar-refractivity contribution in [2.75, 3.05) is 50.1 Å². The lowest BCUT2D eigenvalue weighted by Crippen LogP contribution is -2.70. The summed E-state index contributed by atoms with van der Waals surface area (Å²) in [7, 11) is 1.52. The predicted molar refractivity (Wildman–Crippen MR) is 201 cm³/mol. The molecule has 1 atom stereocenters. The fraction of sp³-hybridized carbons (Fsp3) is 0.450. The SMILES string of the molecule is COc1cc2nn(C3CCC(CN4CCC5(CN(c6ccc(C7CCC(=O)NC7=O)c(Cl)c6)C5)C(F)(F)C4)CC3)cc2cc1NC(=O)c1cncc(C#N)c1. The van der Waals surface area contributed by atoms with Gasteiger partial charge in [0.15, 0.2) is 0 Å². The number of rotatable bonds is 8. The molecule has 4 fully saturated rings. The summed E-state index contributed by atoms with van der Waals surface area (Å²) in [6.45, 7) is 1.52. The number of carbonyl (C=O) groups excluding carboxylic acids is 3. The van der Waals surface area contributed by atoms with Crippen LogP contribution in [0.4, 0.5) is 20.2 Å². The molecule has 8 rings (SSSR count). The number of fused-ring (bicyclic) bond motifs is 1. The van der Waals surface area contributed by atoms with E-state index in [-0.39, 0.29) is 55.0 Å². The third kappa shape index (κ3) is 7.11. The number of benzene rings is 2. The first-order valence-corrected chi connectivity index (χ1v) is 19.0.